The van der Waals surface area contributed by atoms with E-state index in [-0.39, 0.29) is 21.7 Å². The first-order valence-corrected chi connectivity index (χ1v) is 9.31. The van der Waals surface area contributed by atoms with Gasteiger partial charge in [0.15, 0.2) is 0 Å². The Balaban J connectivity index is 3.75. The van der Waals surface area contributed by atoms with E-state index in [9.17, 15) is 0 Å². The van der Waals surface area contributed by atoms with Crippen LogP contribution in [0.15, 0.2) is 24.3 Å². The highest BCUT2D eigenvalue weighted by atomic mass is 14.3. The molecule has 1 aromatic rings. The largest absolute Gasteiger partial charge is 0.0748 e. The molecule has 0 aliphatic carbocycles. The summed E-state index contributed by atoms with van der Waals surface area (Å²) in [5.41, 5.74) is 6.28. The summed E-state index contributed by atoms with van der Waals surface area (Å²) >= 11 is 0. The predicted octanol–water partition coefficient (Wildman–Crippen LogP) is 7.76. The molecule has 0 saturated carbocycles. The molecule has 24 heavy (non-hydrogen) atoms. The molecule has 0 heteroatoms. The Morgan fingerprint density at radius 2 is 1.00 bits per heavy atom. The van der Waals surface area contributed by atoms with Crippen LogP contribution in [-0.2, 0) is 10.8 Å². The fourth-order valence-electron chi connectivity index (χ4n) is 2.81. The number of hydrogen-bond donors (Lipinski definition) is 0. The highest BCUT2D eigenvalue weighted by molar-refractivity contribution is 5.71. The van der Waals surface area contributed by atoms with Gasteiger partial charge in [-0.2, -0.15) is 0 Å². The minimum Gasteiger partial charge on any atom is -0.0748 e. The maximum absolute atomic E-state index is 2.46. The first kappa shape index (κ1) is 21.0. The van der Waals surface area contributed by atoms with E-state index in [1.165, 1.54) is 22.3 Å². The molecule has 0 aromatic heterocycles. The van der Waals surface area contributed by atoms with Crippen molar-refractivity contribution in [2.75, 3.05) is 0 Å². The van der Waals surface area contributed by atoms with Crippen LogP contribution in [-0.4, -0.2) is 0 Å². The fourth-order valence-corrected chi connectivity index (χ4v) is 2.81. The Kier molecular flexibility index (Phi) is 5.56. The van der Waals surface area contributed by atoms with Crippen molar-refractivity contribution in [2.45, 2.75) is 93.9 Å². The fraction of sp³-hybridized carbons (Fsp3) is 0.667. The van der Waals surface area contributed by atoms with Gasteiger partial charge in [0.1, 0.15) is 0 Å². The van der Waals surface area contributed by atoms with Gasteiger partial charge in [0.25, 0.3) is 0 Å². The third-order valence-electron chi connectivity index (χ3n) is 4.36. The van der Waals surface area contributed by atoms with E-state index in [4.69, 9.17) is 0 Å². The molecule has 0 spiro atoms. The molecule has 1 rings (SSSR count). The predicted molar refractivity (Wildman–Crippen MR) is 111 cm³/mol. The van der Waals surface area contributed by atoms with E-state index in [1.807, 2.05) is 0 Å². The molecule has 0 amide bonds. The van der Waals surface area contributed by atoms with Crippen molar-refractivity contribution in [2.24, 2.45) is 10.8 Å². The Bertz CT molecular complexity index is 567. The standard InChI is InChI=1S/C24H40/c1-21(2,3)16-20(24(10,11)12)17-13-18(22(4,5)6)15-19(14-17)23(7,8)9/h13-16H,1-12H3/b20-16+. The molecule has 136 valence electrons. The average Bonchev–Trinajstić information content (AvgIpc) is 2.31. The number of rotatable bonds is 1. The molecule has 0 nitrogen and oxygen atoms in total. The van der Waals surface area contributed by atoms with Crippen molar-refractivity contribution in [1.82, 2.24) is 0 Å². The summed E-state index contributed by atoms with van der Waals surface area (Å²) in [6, 6.07) is 7.23. The lowest BCUT2D eigenvalue weighted by Crippen LogP contribution is -2.19. The van der Waals surface area contributed by atoms with Gasteiger partial charge in [0.05, 0.1) is 0 Å². The van der Waals surface area contributed by atoms with Gasteiger partial charge in [-0.15, -0.1) is 0 Å². The first-order valence-electron chi connectivity index (χ1n) is 9.31. The Labute approximate surface area is 151 Å². The topological polar surface area (TPSA) is 0 Å². The van der Waals surface area contributed by atoms with Gasteiger partial charge < -0.3 is 0 Å². The molecule has 0 aliphatic heterocycles. The van der Waals surface area contributed by atoms with E-state index in [2.05, 4.69) is 107 Å². The molecule has 0 heterocycles. The lowest BCUT2D eigenvalue weighted by atomic mass is 9.74. The van der Waals surface area contributed by atoms with Gasteiger partial charge in [-0.25, -0.2) is 0 Å². The zero-order valence-corrected chi connectivity index (χ0v) is 18.3. The van der Waals surface area contributed by atoms with Gasteiger partial charge in [0, 0.05) is 0 Å². The minimum atomic E-state index is 0.124. The smallest absolute Gasteiger partial charge is 0.0129 e. The van der Waals surface area contributed by atoms with Crippen LogP contribution >= 0.6 is 0 Å². The SMILES string of the molecule is CC(C)(C)/C=C(\c1cc(C(C)(C)C)cc(C(C)(C)C)c1)C(C)(C)C. The van der Waals surface area contributed by atoms with E-state index in [1.54, 1.807) is 0 Å². The summed E-state index contributed by atoms with van der Waals surface area (Å²) in [7, 11) is 0. The van der Waals surface area contributed by atoms with Crippen molar-refractivity contribution in [3.05, 3.63) is 41.0 Å². The van der Waals surface area contributed by atoms with Gasteiger partial charge in [0.2, 0.25) is 0 Å². The molecule has 0 fully saturated rings. The van der Waals surface area contributed by atoms with E-state index >= 15 is 0 Å². The van der Waals surface area contributed by atoms with Crippen LogP contribution in [0.4, 0.5) is 0 Å². The van der Waals surface area contributed by atoms with Gasteiger partial charge >= 0.3 is 0 Å². The van der Waals surface area contributed by atoms with Crippen molar-refractivity contribution >= 4 is 5.57 Å². The maximum atomic E-state index is 2.46. The molecule has 0 saturated heterocycles. The van der Waals surface area contributed by atoms with Crippen molar-refractivity contribution < 1.29 is 0 Å². The number of benzene rings is 1. The molecule has 0 bridgehead atoms. The molecular weight excluding hydrogens is 288 g/mol. The highest BCUT2D eigenvalue weighted by Crippen LogP contribution is 2.40. The van der Waals surface area contributed by atoms with Crippen LogP contribution < -0.4 is 0 Å². The second kappa shape index (κ2) is 6.36. The number of allylic oxidation sites excluding steroid dienone is 2. The summed E-state index contributed by atoms with van der Waals surface area (Å²) in [6.07, 6.45) is 2.46. The lowest BCUT2D eigenvalue weighted by Gasteiger charge is -2.31. The van der Waals surface area contributed by atoms with E-state index < -0.39 is 0 Å². The minimum absolute atomic E-state index is 0.124. The van der Waals surface area contributed by atoms with Gasteiger partial charge in [-0.3, -0.25) is 0 Å². The summed E-state index contributed by atoms with van der Waals surface area (Å²) in [5.74, 6) is 0. The van der Waals surface area contributed by atoms with E-state index in [0.717, 1.165) is 0 Å². The van der Waals surface area contributed by atoms with Crippen LogP contribution in [0.2, 0.25) is 0 Å². The third-order valence-corrected chi connectivity index (χ3v) is 4.36. The molecule has 1 aromatic carbocycles. The molecule has 0 radical (unpaired) electrons. The molecule has 0 unspecified atom stereocenters. The quantitative estimate of drug-likeness (QED) is 0.494. The van der Waals surface area contributed by atoms with Crippen LogP contribution in [0.5, 0.6) is 0 Å². The highest BCUT2D eigenvalue weighted by Gasteiger charge is 2.26. The maximum Gasteiger partial charge on any atom is -0.0129 e. The summed E-state index contributed by atoms with van der Waals surface area (Å²) in [6.45, 7) is 27.7. The molecule has 0 N–H and O–H groups in total. The molecular formula is C24H40. The van der Waals surface area contributed by atoms with Crippen molar-refractivity contribution in [3.63, 3.8) is 0 Å². The van der Waals surface area contributed by atoms with Crippen LogP contribution in [0.1, 0.15) is 99.8 Å². The Morgan fingerprint density at radius 1 is 0.625 bits per heavy atom. The van der Waals surface area contributed by atoms with Crippen molar-refractivity contribution in [1.29, 1.82) is 0 Å². The van der Waals surface area contributed by atoms with Crippen LogP contribution in [0.25, 0.3) is 5.57 Å². The monoisotopic (exact) mass is 328 g/mol. The second-order valence-corrected chi connectivity index (χ2v) is 11.5. The second-order valence-electron chi connectivity index (χ2n) is 11.5. The normalized spacial score (nSPS) is 14.9. The summed E-state index contributed by atoms with van der Waals surface area (Å²) in [5, 5.41) is 0. The molecule has 0 aliphatic rings. The Morgan fingerprint density at radius 3 is 1.25 bits per heavy atom. The third kappa shape index (κ3) is 5.80. The average molecular weight is 329 g/mol. The van der Waals surface area contributed by atoms with Gasteiger partial charge in [-0.1, -0.05) is 107 Å². The summed E-state index contributed by atoms with van der Waals surface area (Å²) in [4.78, 5) is 0. The van der Waals surface area contributed by atoms with Crippen LogP contribution in [0.3, 0.4) is 0 Å². The van der Waals surface area contributed by atoms with Crippen molar-refractivity contribution in [3.8, 4) is 0 Å². The zero-order valence-electron chi connectivity index (χ0n) is 18.3. The zero-order chi connectivity index (χ0) is 19.1. The Hall–Kier alpha value is -1.04. The molecule has 0 atom stereocenters. The van der Waals surface area contributed by atoms with E-state index in [0.29, 0.717) is 0 Å². The first-order chi connectivity index (χ1) is 10.4. The van der Waals surface area contributed by atoms with Gasteiger partial charge in [-0.05, 0) is 43.9 Å². The lowest BCUT2D eigenvalue weighted by molar-refractivity contribution is 0.516. The summed E-state index contributed by atoms with van der Waals surface area (Å²) < 4.78 is 0. The number of hydrogen-bond acceptors (Lipinski definition) is 0. The van der Waals surface area contributed by atoms with Crippen LogP contribution in [0, 0.1) is 10.8 Å².